The van der Waals surface area contributed by atoms with E-state index in [2.05, 4.69) is 41.8 Å². The molecule has 0 aliphatic carbocycles. The van der Waals surface area contributed by atoms with Crippen LogP contribution in [-0.4, -0.2) is 17.1 Å². The number of allylic oxidation sites excluding steroid dienone is 1. The number of fused-ring (bicyclic) bond motifs is 1. The van der Waals surface area contributed by atoms with Gasteiger partial charge < -0.3 is 14.6 Å². The number of nitrogens with one attached hydrogen (secondary N) is 1. The first-order valence-electron chi connectivity index (χ1n) is 9.04. The van der Waals surface area contributed by atoms with Crippen LogP contribution < -0.4 is 14.9 Å². The summed E-state index contributed by atoms with van der Waals surface area (Å²) in [7, 11) is 0. The summed E-state index contributed by atoms with van der Waals surface area (Å²) in [6.45, 7) is 8.78. The van der Waals surface area contributed by atoms with E-state index in [0.717, 1.165) is 21.7 Å². The molecule has 1 aliphatic heterocycles. The van der Waals surface area contributed by atoms with E-state index in [9.17, 15) is 4.79 Å². The normalized spacial score (nSPS) is 13.6. The number of amides is 1. The number of ether oxygens (including phenoxy) is 1. The largest absolute Gasteiger partial charge is 0.482 e. The number of rotatable bonds is 4. The number of aryl methyl sites for hydroxylation is 1. The number of carbonyl (C=O) groups is 1. The molecule has 3 aromatic rings. The van der Waals surface area contributed by atoms with Crippen molar-refractivity contribution in [1.29, 1.82) is 0 Å². The van der Waals surface area contributed by atoms with Crippen LogP contribution in [-0.2, 0) is 11.3 Å². The van der Waals surface area contributed by atoms with Gasteiger partial charge in [0.05, 0.1) is 17.1 Å². The summed E-state index contributed by atoms with van der Waals surface area (Å²) in [5, 5.41) is 4.95. The highest BCUT2D eigenvalue weighted by molar-refractivity contribution is 7.07. The number of anilines is 1. The van der Waals surface area contributed by atoms with Crippen molar-refractivity contribution in [3.05, 3.63) is 70.4 Å². The van der Waals surface area contributed by atoms with Crippen LogP contribution in [0, 0.1) is 13.8 Å². The van der Waals surface area contributed by atoms with E-state index in [4.69, 9.17) is 9.73 Å². The molecule has 6 heteroatoms. The topological polar surface area (TPSA) is 55.6 Å². The van der Waals surface area contributed by atoms with Gasteiger partial charge in [-0.15, -0.1) is 17.9 Å². The molecule has 0 atom stereocenters. The van der Waals surface area contributed by atoms with E-state index >= 15 is 0 Å². The van der Waals surface area contributed by atoms with E-state index in [1.54, 1.807) is 11.3 Å². The van der Waals surface area contributed by atoms with Gasteiger partial charge in [-0.05, 0) is 49.2 Å². The number of hydrogen-bond donors (Lipinski definition) is 1. The minimum absolute atomic E-state index is 0.0557. The molecule has 2 heterocycles. The number of carbonyl (C=O) groups excluding carboxylic acids is 1. The van der Waals surface area contributed by atoms with E-state index in [1.807, 2.05) is 36.4 Å². The standard InChI is InChI=1S/C22H21N3O2S/c1-4-10-25-19(16-8-9-20-18(11-16)23-21(26)12-27-20)13-28-22(25)24-17-7-5-6-14(2)15(17)3/h4-9,11,13H,1,10,12H2,2-3H3,(H,23,26). The maximum atomic E-state index is 11.6. The molecular weight excluding hydrogens is 370 g/mol. The molecule has 142 valence electrons. The van der Waals surface area contributed by atoms with E-state index < -0.39 is 0 Å². The van der Waals surface area contributed by atoms with Gasteiger partial charge in [0.2, 0.25) is 0 Å². The third kappa shape index (κ3) is 3.39. The summed E-state index contributed by atoms with van der Waals surface area (Å²) in [5.41, 5.74) is 6.08. The molecule has 2 aromatic carbocycles. The first-order chi connectivity index (χ1) is 13.6. The minimum Gasteiger partial charge on any atom is -0.482 e. The second kappa shape index (κ2) is 7.48. The zero-order chi connectivity index (χ0) is 19.7. The summed E-state index contributed by atoms with van der Waals surface area (Å²) in [5.74, 6) is 0.550. The smallest absolute Gasteiger partial charge is 0.262 e. The third-order valence-corrected chi connectivity index (χ3v) is 5.67. The van der Waals surface area contributed by atoms with Gasteiger partial charge in [0.15, 0.2) is 11.4 Å². The van der Waals surface area contributed by atoms with Gasteiger partial charge in [0.25, 0.3) is 5.91 Å². The molecular formula is C22H21N3O2S. The molecule has 1 amide bonds. The Balaban J connectivity index is 1.82. The van der Waals surface area contributed by atoms with Crippen molar-refractivity contribution in [3.8, 4) is 17.0 Å². The van der Waals surface area contributed by atoms with Crippen molar-refractivity contribution in [2.75, 3.05) is 11.9 Å². The second-order valence-electron chi connectivity index (χ2n) is 6.68. The monoisotopic (exact) mass is 391 g/mol. The van der Waals surface area contributed by atoms with Gasteiger partial charge in [-0.25, -0.2) is 4.99 Å². The lowest BCUT2D eigenvalue weighted by Gasteiger charge is -2.18. The molecule has 0 saturated carbocycles. The van der Waals surface area contributed by atoms with E-state index in [1.165, 1.54) is 11.1 Å². The minimum atomic E-state index is -0.139. The predicted octanol–water partition coefficient (Wildman–Crippen LogP) is 4.58. The van der Waals surface area contributed by atoms with Crippen LogP contribution in [0.5, 0.6) is 5.75 Å². The SMILES string of the molecule is C=CCn1c(-c2ccc3c(c2)NC(=O)CO3)csc1=Nc1cccc(C)c1C. The Morgan fingerprint density at radius 3 is 3.00 bits per heavy atom. The highest BCUT2D eigenvalue weighted by Crippen LogP contribution is 2.33. The maximum absolute atomic E-state index is 11.6. The maximum Gasteiger partial charge on any atom is 0.262 e. The average Bonchev–Trinajstić information content (AvgIpc) is 3.07. The van der Waals surface area contributed by atoms with Crippen molar-refractivity contribution in [2.45, 2.75) is 20.4 Å². The zero-order valence-corrected chi connectivity index (χ0v) is 16.7. The van der Waals surface area contributed by atoms with Crippen molar-refractivity contribution in [3.63, 3.8) is 0 Å². The van der Waals surface area contributed by atoms with Crippen molar-refractivity contribution in [2.24, 2.45) is 4.99 Å². The lowest BCUT2D eigenvalue weighted by molar-refractivity contribution is -0.118. The molecule has 1 aromatic heterocycles. The van der Waals surface area contributed by atoms with Gasteiger partial charge in [0.1, 0.15) is 5.75 Å². The van der Waals surface area contributed by atoms with Crippen LogP contribution in [0.15, 0.2) is 59.4 Å². The Morgan fingerprint density at radius 1 is 1.32 bits per heavy atom. The van der Waals surface area contributed by atoms with Crippen molar-refractivity contribution < 1.29 is 9.53 Å². The first kappa shape index (κ1) is 18.3. The van der Waals surface area contributed by atoms with Crippen LogP contribution in [0.2, 0.25) is 0 Å². The molecule has 0 spiro atoms. The second-order valence-corrected chi connectivity index (χ2v) is 7.52. The summed E-state index contributed by atoms with van der Waals surface area (Å²) in [6.07, 6.45) is 1.86. The quantitative estimate of drug-likeness (QED) is 0.662. The molecule has 4 rings (SSSR count). The fourth-order valence-corrected chi connectivity index (χ4v) is 4.09. The van der Waals surface area contributed by atoms with Crippen molar-refractivity contribution in [1.82, 2.24) is 4.57 Å². The molecule has 0 radical (unpaired) electrons. The summed E-state index contributed by atoms with van der Waals surface area (Å²) in [6, 6.07) is 12.0. The van der Waals surface area contributed by atoms with Crippen LogP contribution in [0.4, 0.5) is 11.4 Å². The van der Waals surface area contributed by atoms with Gasteiger partial charge in [-0.1, -0.05) is 18.2 Å². The Morgan fingerprint density at radius 2 is 2.18 bits per heavy atom. The van der Waals surface area contributed by atoms with Crippen LogP contribution in [0.25, 0.3) is 11.3 Å². The summed E-state index contributed by atoms with van der Waals surface area (Å²) < 4.78 is 7.59. The van der Waals surface area contributed by atoms with Gasteiger partial charge >= 0.3 is 0 Å². The fourth-order valence-electron chi connectivity index (χ4n) is 3.16. The van der Waals surface area contributed by atoms with Gasteiger partial charge in [0, 0.05) is 17.5 Å². The van der Waals surface area contributed by atoms with Crippen LogP contribution >= 0.6 is 11.3 Å². The van der Waals surface area contributed by atoms with Crippen LogP contribution in [0.3, 0.4) is 0 Å². The molecule has 1 N–H and O–H groups in total. The summed E-state index contributed by atoms with van der Waals surface area (Å²) >= 11 is 1.59. The Kier molecular flexibility index (Phi) is 4.88. The molecule has 5 nitrogen and oxygen atoms in total. The van der Waals surface area contributed by atoms with Crippen LogP contribution in [0.1, 0.15) is 11.1 Å². The van der Waals surface area contributed by atoms with E-state index in [-0.39, 0.29) is 12.5 Å². The first-order valence-corrected chi connectivity index (χ1v) is 9.92. The molecule has 28 heavy (non-hydrogen) atoms. The number of aromatic nitrogens is 1. The zero-order valence-electron chi connectivity index (χ0n) is 15.9. The Bertz CT molecular complexity index is 1140. The third-order valence-electron chi connectivity index (χ3n) is 4.81. The highest BCUT2D eigenvalue weighted by atomic mass is 32.1. The lowest BCUT2D eigenvalue weighted by atomic mass is 10.1. The number of thiazole rings is 1. The molecule has 0 bridgehead atoms. The predicted molar refractivity (Wildman–Crippen MR) is 113 cm³/mol. The lowest BCUT2D eigenvalue weighted by Crippen LogP contribution is -2.25. The van der Waals surface area contributed by atoms with E-state index in [0.29, 0.717) is 18.0 Å². The molecule has 0 fully saturated rings. The van der Waals surface area contributed by atoms with Gasteiger partial charge in [-0.3, -0.25) is 4.79 Å². The number of benzene rings is 2. The average molecular weight is 391 g/mol. The summed E-state index contributed by atoms with van der Waals surface area (Å²) in [4.78, 5) is 17.5. The fraction of sp³-hybridized carbons (Fsp3) is 0.182. The molecule has 0 unspecified atom stereocenters. The van der Waals surface area contributed by atoms with Gasteiger partial charge in [-0.2, -0.15) is 0 Å². The number of hydrogen-bond acceptors (Lipinski definition) is 4. The molecule has 1 aliphatic rings. The molecule has 0 saturated heterocycles. The Labute approximate surface area is 167 Å². The van der Waals surface area contributed by atoms with Crippen molar-refractivity contribution >= 4 is 28.6 Å². The number of nitrogens with zero attached hydrogens (tertiary/aromatic N) is 2. The highest BCUT2D eigenvalue weighted by Gasteiger charge is 2.17. The Hall–Kier alpha value is -3.12.